The van der Waals surface area contributed by atoms with Gasteiger partial charge in [0, 0.05) is 13.1 Å². The molecule has 1 saturated carbocycles. The fraction of sp³-hybridized carbons (Fsp3) is 0.417. The summed E-state index contributed by atoms with van der Waals surface area (Å²) in [7, 11) is -1.89. The molecule has 19 heavy (non-hydrogen) atoms. The molecular weight excluding hydrogens is 270 g/mol. The van der Waals surface area contributed by atoms with E-state index in [2.05, 4.69) is 0 Å². The molecule has 1 N–H and O–H groups in total. The summed E-state index contributed by atoms with van der Waals surface area (Å²) in [5.41, 5.74) is 0. The van der Waals surface area contributed by atoms with E-state index in [1.807, 2.05) is 0 Å². The summed E-state index contributed by atoms with van der Waals surface area (Å²) < 4.78 is 30.7. The molecule has 0 spiro atoms. The predicted molar refractivity (Wildman–Crippen MR) is 67.5 cm³/mol. The summed E-state index contributed by atoms with van der Waals surface area (Å²) in [4.78, 5) is 10.5. The van der Waals surface area contributed by atoms with E-state index in [1.165, 1.54) is 28.6 Å². The van der Waals surface area contributed by atoms with E-state index in [1.54, 1.807) is 7.05 Å². The van der Waals surface area contributed by atoms with Crippen LogP contribution in [0.5, 0.6) is 5.75 Å². The molecule has 2 rings (SSSR count). The van der Waals surface area contributed by atoms with Gasteiger partial charge in [-0.3, -0.25) is 0 Å². The van der Waals surface area contributed by atoms with Crippen molar-refractivity contribution in [1.82, 2.24) is 4.31 Å². The van der Waals surface area contributed by atoms with Gasteiger partial charge in [0.05, 0.1) is 4.90 Å². The van der Waals surface area contributed by atoms with Crippen LogP contribution in [0.1, 0.15) is 12.8 Å². The van der Waals surface area contributed by atoms with Crippen LogP contribution in [0, 0.1) is 0 Å². The van der Waals surface area contributed by atoms with E-state index in [4.69, 9.17) is 9.84 Å². The Morgan fingerprint density at radius 3 is 2.42 bits per heavy atom. The number of carbonyl (C=O) groups is 1. The lowest BCUT2D eigenvalue weighted by Gasteiger charge is -2.16. The van der Waals surface area contributed by atoms with Gasteiger partial charge in [0.1, 0.15) is 5.75 Å². The van der Waals surface area contributed by atoms with Gasteiger partial charge >= 0.3 is 5.97 Å². The highest BCUT2D eigenvalue weighted by molar-refractivity contribution is 7.89. The minimum absolute atomic E-state index is 0.105. The number of benzene rings is 1. The zero-order valence-electron chi connectivity index (χ0n) is 10.4. The molecule has 0 radical (unpaired) electrons. The molecule has 1 aliphatic carbocycles. The zero-order valence-corrected chi connectivity index (χ0v) is 11.3. The number of ether oxygens (including phenoxy) is 1. The molecule has 0 saturated heterocycles. The molecule has 1 aliphatic rings. The average molecular weight is 285 g/mol. The van der Waals surface area contributed by atoms with Crippen LogP contribution in [0.3, 0.4) is 0 Å². The first-order chi connectivity index (χ1) is 8.91. The molecule has 0 aromatic heterocycles. The van der Waals surface area contributed by atoms with Gasteiger partial charge < -0.3 is 9.84 Å². The second-order valence-electron chi connectivity index (χ2n) is 4.41. The van der Waals surface area contributed by atoms with Crippen molar-refractivity contribution < 1.29 is 23.1 Å². The number of hydrogen-bond donors (Lipinski definition) is 1. The van der Waals surface area contributed by atoms with Gasteiger partial charge in [0.25, 0.3) is 0 Å². The number of nitrogens with zero attached hydrogens (tertiary/aromatic N) is 1. The molecule has 6 nitrogen and oxygen atoms in total. The molecule has 1 aromatic rings. The number of rotatable bonds is 6. The Hall–Kier alpha value is -1.60. The molecule has 1 fully saturated rings. The second-order valence-corrected chi connectivity index (χ2v) is 6.40. The molecule has 0 aliphatic heterocycles. The smallest absolute Gasteiger partial charge is 0.341 e. The molecule has 1 aromatic carbocycles. The minimum atomic E-state index is -3.46. The monoisotopic (exact) mass is 285 g/mol. The third kappa shape index (κ3) is 3.24. The van der Waals surface area contributed by atoms with E-state index >= 15 is 0 Å². The van der Waals surface area contributed by atoms with E-state index in [-0.39, 0.29) is 10.9 Å². The van der Waals surface area contributed by atoms with E-state index in [0.29, 0.717) is 5.75 Å². The van der Waals surface area contributed by atoms with Crippen LogP contribution in [0.25, 0.3) is 0 Å². The van der Waals surface area contributed by atoms with Gasteiger partial charge in [0.15, 0.2) is 6.61 Å². The van der Waals surface area contributed by atoms with Gasteiger partial charge in [-0.2, -0.15) is 4.31 Å². The molecule has 0 amide bonds. The number of aliphatic carboxylic acids is 1. The van der Waals surface area contributed by atoms with Crippen molar-refractivity contribution in [2.24, 2.45) is 0 Å². The Labute approximate surface area is 111 Å². The standard InChI is InChI=1S/C12H15NO5S/c1-13(9-2-3-9)19(16,17)11-6-4-10(5-7-11)18-8-12(14)15/h4-7,9H,2-3,8H2,1H3,(H,14,15). The summed E-state index contributed by atoms with van der Waals surface area (Å²) in [6, 6.07) is 5.86. The van der Waals surface area contributed by atoms with E-state index in [9.17, 15) is 13.2 Å². The number of hydrogen-bond acceptors (Lipinski definition) is 4. The fourth-order valence-electron chi connectivity index (χ4n) is 1.65. The largest absolute Gasteiger partial charge is 0.482 e. The summed E-state index contributed by atoms with van der Waals surface area (Å²) >= 11 is 0. The van der Waals surface area contributed by atoms with Gasteiger partial charge in [-0.25, -0.2) is 13.2 Å². The topological polar surface area (TPSA) is 83.9 Å². The quantitative estimate of drug-likeness (QED) is 0.840. The fourth-order valence-corrected chi connectivity index (χ4v) is 3.07. The molecule has 0 heterocycles. The molecule has 104 valence electrons. The Morgan fingerprint density at radius 1 is 1.37 bits per heavy atom. The van der Waals surface area contributed by atoms with Crippen molar-refractivity contribution in [2.45, 2.75) is 23.8 Å². The maximum Gasteiger partial charge on any atom is 0.341 e. The summed E-state index contributed by atoms with van der Waals surface area (Å²) in [5, 5.41) is 8.47. The maximum absolute atomic E-state index is 12.2. The first-order valence-electron chi connectivity index (χ1n) is 5.84. The second kappa shape index (κ2) is 5.18. The van der Waals surface area contributed by atoms with Crippen molar-refractivity contribution in [3.05, 3.63) is 24.3 Å². The lowest BCUT2D eigenvalue weighted by molar-refractivity contribution is -0.139. The third-order valence-electron chi connectivity index (χ3n) is 2.92. The predicted octanol–water partition coefficient (Wildman–Crippen LogP) is 0.933. The Morgan fingerprint density at radius 2 is 1.95 bits per heavy atom. The van der Waals surface area contributed by atoms with Crippen LogP contribution in [-0.4, -0.2) is 43.5 Å². The van der Waals surface area contributed by atoms with Gasteiger partial charge in [-0.15, -0.1) is 0 Å². The summed E-state index contributed by atoms with van der Waals surface area (Å²) in [5.74, 6) is -0.749. The van der Waals surface area contributed by atoms with Crippen molar-refractivity contribution in [2.75, 3.05) is 13.7 Å². The van der Waals surface area contributed by atoms with Crippen LogP contribution < -0.4 is 4.74 Å². The normalized spacial score (nSPS) is 15.5. The van der Waals surface area contributed by atoms with Crippen molar-refractivity contribution in [3.63, 3.8) is 0 Å². The average Bonchev–Trinajstić information content (AvgIpc) is 3.20. The van der Waals surface area contributed by atoms with E-state index in [0.717, 1.165) is 12.8 Å². The Balaban J connectivity index is 2.11. The summed E-state index contributed by atoms with van der Waals surface area (Å²) in [6.45, 7) is -0.450. The molecule has 0 bridgehead atoms. The SMILES string of the molecule is CN(C1CC1)S(=O)(=O)c1ccc(OCC(=O)O)cc1. The first kappa shape index (κ1) is 13.8. The molecule has 7 heteroatoms. The highest BCUT2D eigenvalue weighted by Gasteiger charge is 2.34. The Kier molecular flexibility index (Phi) is 3.77. The molecular formula is C12H15NO5S. The van der Waals surface area contributed by atoms with Gasteiger partial charge in [-0.05, 0) is 37.1 Å². The minimum Gasteiger partial charge on any atom is -0.482 e. The Bertz CT molecular complexity index is 562. The van der Waals surface area contributed by atoms with Crippen LogP contribution in [0.2, 0.25) is 0 Å². The highest BCUT2D eigenvalue weighted by atomic mass is 32.2. The number of sulfonamides is 1. The summed E-state index contributed by atoms with van der Waals surface area (Å²) in [6.07, 6.45) is 1.80. The lowest BCUT2D eigenvalue weighted by Crippen LogP contribution is -2.28. The van der Waals surface area contributed by atoms with Crippen LogP contribution in [-0.2, 0) is 14.8 Å². The third-order valence-corrected chi connectivity index (χ3v) is 4.85. The van der Waals surface area contributed by atoms with Crippen molar-refractivity contribution >= 4 is 16.0 Å². The first-order valence-corrected chi connectivity index (χ1v) is 7.28. The highest BCUT2D eigenvalue weighted by Crippen LogP contribution is 2.30. The lowest BCUT2D eigenvalue weighted by atomic mass is 10.3. The van der Waals surface area contributed by atoms with Crippen LogP contribution in [0.4, 0.5) is 0 Å². The van der Waals surface area contributed by atoms with E-state index < -0.39 is 22.6 Å². The van der Waals surface area contributed by atoms with Crippen molar-refractivity contribution in [1.29, 1.82) is 0 Å². The zero-order chi connectivity index (χ0) is 14.0. The number of carboxylic acid groups (broad SMARTS) is 1. The molecule has 0 atom stereocenters. The van der Waals surface area contributed by atoms with Crippen LogP contribution in [0.15, 0.2) is 29.2 Å². The van der Waals surface area contributed by atoms with Crippen LogP contribution >= 0.6 is 0 Å². The van der Waals surface area contributed by atoms with Gasteiger partial charge in [0.2, 0.25) is 10.0 Å². The van der Waals surface area contributed by atoms with Gasteiger partial charge in [-0.1, -0.05) is 0 Å². The van der Waals surface area contributed by atoms with Crippen molar-refractivity contribution in [3.8, 4) is 5.75 Å². The molecule has 0 unspecified atom stereocenters. The number of carboxylic acids is 1. The maximum atomic E-state index is 12.2.